The Morgan fingerprint density at radius 2 is 1.30 bits per heavy atom. The van der Waals surface area contributed by atoms with Crippen LogP contribution in [-0.2, 0) is 9.47 Å². The number of benzene rings is 2. The summed E-state index contributed by atoms with van der Waals surface area (Å²) >= 11 is 0. The van der Waals surface area contributed by atoms with Crippen LogP contribution in [0.5, 0.6) is 11.5 Å². The first-order valence-electron chi connectivity index (χ1n) is 11.6. The van der Waals surface area contributed by atoms with Crippen LogP contribution in [0.2, 0.25) is 0 Å². The van der Waals surface area contributed by atoms with Gasteiger partial charge in [-0.25, -0.2) is 0 Å². The van der Waals surface area contributed by atoms with Crippen molar-refractivity contribution in [3.63, 3.8) is 0 Å². The summed E-state index contributed by atoms with van der Waals surface area (Å²) < 4.78 is 21.0. The van der Waals surface area contributed by atoms with E-state index in [2.05, 4.69) is 10.6 Å². The van der Waals surface area contributed by atoms with Crippen molar-refractivity contribution in [2.75, 3.05) is 51.7 Å². The second-order valence-corrected chi connectivity index (χ2v) is 7.96. The fraction of sp³-hybridized carbons (Fsp3) is 0.333. The summed E-state index contributed by atoms with van der Waals surface area (Å²) in [5, 5.41) is 29.0. The van der Waals surface area contributed by atoms with E-state index in [0.717, 1.165) is 12.1 Å². The minimum atomic E-state index is -0.870. The molecule has 2 amide bonds. The highest BCUT2D eigenvalue weighted by molar-refractivity contribution is 5.96. The molecule has 0 aliphatic rings. The van der Waals surface area contributed by atoms with E-state index in [0.29, 0.717) is 6.42 Å². The third kappa shape index (κ3) is 8.27. The number of nitrogens with one attached hydrogen (secondary N) is 2. The van der Waals surface area contributed by atoms with Crippen LogP contribution in [0.4, 0.5) is 22.7 Å². The number of nitrogens with two attached hydrogens (primary N) is 2. The van der Waals surface area contributed by atoms with Crippen LogP contribution >= 0.6 is 0 Å². The van der Waals surface area contributed by atoms with Crippen molar-refractivity contribution in [1.29, 1.82) is 0 Å². The SMILES string of the molecule is COc1cc(C(N)=O)cc([N+](=O)[O-])c1NC/C=C/CNc1c(OCCC(OC)OC)cc(C(N)=O)cc1[N+](=O)[O-]. The van der Waals surface area contributed by atoms with Gasteiger partial charge in [0.1, 0.15) is 11.5 Å². The normalized spacial score (nSPS) is 10.9. The second-order valence-electron chi connectivity index (χ2n) is 7.96. The minimum Gasteiger partial charge on any atom is -0.494 e. The number of anilines is 2. The van der Waals surface area contributed by atoms with Crippen LogP contribution < -0.4 is 31.6 Å². The molecule has 0 aromatic heterocycles. The van der Waals surface area contributed by atoms with Gasteiger partial charge in [0.05, 0.1) is 23.6 Å². The molecule has 0 heterocycles. The number of carbonyl (C=O) groups excluding carboxylic acids is 2. The molecule has 40 heavy (non-hydrogen) atoms. The maximum atomic E-state index is 11.7. The number of nitrogens with zero attached hydrogens (tertiary/aromatic N) is 2. The molecular weight excluding hydrogens is 532 g/mol. The van der Waals surface area contributed by atoms with E-state index >= 15 is 0 Å². The highest BCUT2D eigenvalue weighted by Crippen LogP contribution is 2.37. The van der Waals surface area contributed by atoms with Crippen molar-refractivity contribution in [2.45, 2.75) is 12.7 Å². The smallest absolute Gasteiger partial charge is 0.296 e. The average molecular weight is 563 g/mol. The van der Waals surface area contributed by atoms with Gasteiger partial charge in [-0.2, -0.15) is 0 Å². The number of amides is 2. The maximum absolute atomic E-state index is 11.7. The Morgan fingerprint density at radius 3 is 1.70 bits per heavy atom. The van der Waals surface area contributed by atoms with Crippen LogP contribution in [0, 0.1) is 20.2 Å². The molecule has 0 saturated heterocycles. The zero-order valence-electron chi connectivity index (χ0n) is 22.0. The molecule has 6 N–H and O–H groups in total. The first-order chi connectivity index (χ1) is 19.0. The number of carbonyl (C=O) groups is 2. The van der Waals surface area contributed by atoms with Gasteiger partial charge in [0.2, 0.25) is 11.8 Å². The van der Waals surface area contributed by atoms with Crippen molar-refractivity contribution in [1.82, 2.24) is 0 Å². The molecule has 0 radical (unpaired) electrons. The Balaban J connectivity index is 2.20. The summed E-state index contributed by atoms with van der Waals surface area (Å²) in [6, 6.07) is 4.65. The van der Waals surface area contributed by atoms with Crippen LogP contribution in [0.3, 0.4) is 0 Å². The highest BCUT2D eigenvalue weighted by atomic mass is 16.7. The van der Waals surface area contributed by atoms with Gasteiger partial charge in [-0.15, -0.1) is 0 Å². The van der Waals surface area contributed by atoms with E-state index in [9.17, 15) is 29.8 Å². The first-order valence-corrected chi connectivity index (χ1v) is 11.6. The van der Waals surface area contributed by atoms with Gasteiger partial charge >= 0.3 is 0 Å². The van der Waals surface area contributed by atoms with Gasteiger partial charge in [-0.1, -0.05) is 12.2 Å². The summed E-state index contributed by atoms with van der Waals surface area (Å²) in [7, 11) is 4.19. The fourth-order valence-electron chi connectivity index (χ4n) is 3.49. The molecule has 216 valence electrons. The van der Waals surface area contributed by atoms with Gasteiger partial charge in [-0.3, -0.25) is 29.8 Å². The largest absolute Gasteiger partial charge is 0.494 e. The maximum Gasteiger partial charge on any atom is 0.296 e. The van der Waals surface area contributed by atoms with E-state index in [1.165, 1.54) is 33.5 Å². The third-order valence-electron chi connectivity index (χ3n) is 5.44. The first kappa shape index (κ1) is 31.3. The lowest BCUT2D eigenvalue weighted by Gasteiger charge is -2.16. The Bertz CT molecular complexity index is 1280. The summed E-state index contributed by atoms with van der Waals surface area (Å²) in [5.41, 5.74) is 9.58. The lowest BCUT2D eigenvalue weighted by molar-refractivity contribution is -0.384. The molecule has 0 aliphatic carbocycles. The lowest BCUT2D eigenvalue weighted by atomic mass is 10.1. The van der Waals surface area contributed by atoms with E-state index < -0.39 is 39.3 Å². The predicted octanol–water partition coefficient (Wildman–Crippen LogP) is 2.18. The number of methoxy groups -OCH3 is 3. The Labute approximate surface area is 228 Å². The molecular formula is C24H30N6O10. The van der Waals surface area contributed by atoms with Gasteiger partial charge in [-0.05, 0) is 12.1 Å². The molecule has 0 aliphatic heterocycles. The molecule has 0 fully saturated rings. The van der Waals surface area contributed by atoms with Crippen molar-refractivity contribution >= 4 is 34.6 Å². The molecule has 0 unspecified atom stereocenters. The van der Waals surface area contributed by atoms with Crippen LogP contribution in [0.1, 0.15) is 27.1 Å². The number of primary amides is 2. The molecule has 16 nitrogen and oxygen atoms in total. The summed E-state index contributed by atoms with van der Waals surface area (Å²) in [4.78, 5) is 45.1. The monoisotopic (exact) mass is 562 g/mol. The molecule has 2 aromatic carbocycles. The molecule has 2 aromatic rings. The average Bonchev–Trinajstić information content (AvgIpc) is 2.92. The van der Waals surface area contributed by atoms with E-state index in [1.807, 2.05) is 0 Å². The highest BCUT2D eigenvalue weighted by Gasteiger charge is 2.23. The van der Waals surface area contributed by atoms with E-state index in [4.69, 9.17) is 30.4 Å². The zero-order chi connectivity index (χ0) is 29.8. The quantitative estimate of drug-likeness (QED) is 0.0940. The van der Waals surface area contributed by atoms with Gasteiger partial charge in [0.25, 0.3) is 11.4 Å². The molecule has 16 heteroatoms. The van der Waals surface area contributed by atoms with Crippen molar-refractivity contribution in [3.8, 4) is 11.5 Å². The lowest BCUT2D eigenvalue weighted by Crippen LogP contribution is -2.18. The number of hydrogen-bond acceptors (Lipinski definition) is 12. The molecule has 0 atom stereocenters. The topological polar surface area (TPSA) is 233 Å². The van der Waals surface area contributed by atoms with Crippen LogP contribution in [0.15, 0.2) is 36.4 Å². The minimum absolute atomic E-state index is 0.0124. The second kappa shape index (κ2) is 14.8. The number of ether oxygens (including phenoxy) is 4. The summed E-state index contributed by atoms with van der Waals surface area (Å²) in [5.74, 6) is -1.65. The number of nitro groups is 2. The molecule has 0 saturated carbocycles. The Hall–Kier alpha value is -4.96. The number of rotatable bonds is 17. The van der Waals surface area contributed by atoms with Crippen molar-refractivity contribution < 1.29 is 38.4 Å². The van der Waals surface area contributed by atoms with E-state index in [1.54, 1.807) is 12.2 Å². The number of hydrogen-bond donors (Lipinski definition) is 4. The Kier molecular flexibility index (Phi) is 11.6. The van der Waals surface area contributed by atoms with Gasteiger partial charge in [0.15, 0.2) is 17.7 Å². The fourth-order valence-corrected chi connectivity index (χ4v) is 3.49. The standard InChI is InChI=1S/C24H30N6O10/c1-37-18-12-14(23(25)31)10-16(29(33)34)21(18)27-7-4-5-8-28-22-17(30(35)36)11-15(24(26)32)13-19(22)40-9-6-20(38-2)39-3/h4-5,10-13,20,27-28H,6-9H2,1-3H3,(H2,25,31)(H2,26,32)/b5-4+. The third-order valence-corrected chi connectivity index (χ3v) is 5.44. The predicted molar refractivity (Wildman–Crippen MR) is 144 cm³/mol. The van der Waals surface area contributed by atoms with Gasteiger partial charge in [0, 0.05) is 57.0 Å². The summed E-state index contributed by atoms with van der Waals surface area (Å²) in [6.07, 6.45) is 2.93. The number of nitro benzene ring substituents is 2. The molecule has 0 bridgehead atoms. The summed E-state index contributed by atoms with van der Waals surface area (Å²) in [6.45, 7) is 0.221. The Morgan fingerprint density at radius 1 is 0.850 bits per heavy atom. The van der Waals surface area contributed by atoms with E-state index in [-0.39, 0.29) is 53.7 Å². The van der Waals surface area contributed by atoms with Gasteiger partial charge < -0.3 is 41.0 Å². The van der Waals surface area contributed by atoms with Crippen LogP contribution in [0.25, 0.3) is 0 Å². The van der Waals surface area contributed by atoms with Crippen molar-refractivity contribution in [2.24, 2.45) is 11.5 Å². The van der Waals surface area contributed by atoms with Crippen LogP contribution in [-0.4, -0.2) is 69.0 Å². The zero-order valence-corrected chi connectivity index (χ0v) is 22.0. The molecule has 0 spiro atoms. The van der Waals surface area contributed by atoms with Crippen molar-refractivity contribution in [3.05, 3.63) is 67.8 Å². The molecule has 2 rings (SSSR count).